The molecule has 3 rings (SSSR count). The van der Waals surface area contributed by atoms with Crippen LogP contribution in [0.2, 0.25) is 0 Å². The third-order valence-electron chi connectivity index (χ3n) is 5.67. The second kappa shape index (κ2) is 10.1. The summed E-state index contributed by atoms with van der Waals surface area (Å²) >= 11 is 0. The van der Waals surface area contributed by atoms with Gasteiger partial charge in [-0.05, 0) is 68.7 Å². The van der Waals surface area contributed by atoms with Crippen LogP contribution in [0.4, 0.5) is 13.2 Å². The highest BCUT2D eigenvalue weighted by Gasteiger charge is 2.31. The fourth-order valence-corrected chi connectivity index (χ4v) is 4.11. The molecule has 0 radical (unpaired) electrons. The van der Waals surface area contributed by atoms with Crippen LogP contribution in [0.5, 0.6) is 5.75 Å². The Kier molecular flexibility index (Phi) is 7.58. The quantitative estimate of drug-likeness (QED) is 0.625. The van der Waals surface area contributed by atoms with Crippen molar-refractivity contribution in [1.29, 1.82) is 0 Å². The van der Waals surface area contributed by atoms with Crippen LogP contribution in [0, 0.1) is 5.92 Å². The Morgan fingerprint density at radius 1 is 1.13 bits per heavy atom. The molecule has 0 aromatic heterocycles. The van der Waals surface area contributed by atoms with Crippen LogP contribution in [-0.4, -0.2) is 36.8 Å². The van der Waals surface area contributed by atoms with Gasteiger partial charge in [-0.25, -0.2) is 0 Å². The van der Waals surface area contributed by atoms with Crippen LogP contribution in [0.15, 0.2) is 24.3 Å². The van der Waals surface area contributed by atoms with E-state index in [1.165, 1.54) is 18.2 Å². The van der Waals surface area contributed by atoms with Crippen LogP contribution in [0.1, 0.15) is 50.5 Å². The van der Waals surface area contributed by atoms with E-state index >= 15 is 0 Å². The maximum absolute atomic E-state index is 12.3. The number of hydrogen-bond donors (Lipinski definition) is 3. The summed E-state index contributed by atoms with van der Waals surface area (Å²) in [6.07, 6.45) is 0.987. The number of alkyl halides is 3. The highest BCUT2D eigenvalue weighted by atomic mass is 19.4. The first-order valence-electron chi connectivity index (χ1n) is 10.4. The number of ether oxygens (including phenoxy) is 1. The van der Waals surface area contributed by atoms with Gasteiger partial charge in [0, 0.05) is 19.0 Å². The Labute approximate surface area is 173 Å². The number of benzene rings is 1. The van der Waals surface area contributed by atoms with Crippen LogP contribution in [0.25, 0.3) is 0 Å². The van der Waals surface area contributed by atoms with Gasteiger partial charge in [-0.15, -0.1) is 13.2 Å². The molecule has 2 amide bonds. The van der Waals surface area contributed by atoms with E-state index in [2.05, 4.69) is 20.7 Å². The second-order valence-corrected chi connectivity index (χ2v) is 8.05. The lowest BCUT2D eigenvalue weighted by Crippen LogP contribution is -2.46. The van der Waals surface area contributed by atoms with Crippen molar-refractivity contribution in [2.45, 2.75) is 69.9 Å². The van der Waals surface area contributed by atoms with Gasteiger partial charge < -0.3 is 20.7 Å². The molecule has 1 aromatic carbocycles. The topological polar surface area (TPSA) is 79.5 Å². The average molecular weight is 427 g/mol. The molecule has 2 fully saturated rings. The number of halogens is 3. The molecular weight excluding hydrogens is 399 g/mol. The molecule has 9 heteroatoms. The van der Waals surface area contributed by atoms with Crippen molar-refractivity contribution >= 4 is 11.8 Å². The first-order valence-corrected chi connectivity index (χ1v) is 10.4. The SMILES string of the molecule is O=C(CC1CCC(NC(=O)[C@H]2CCCN2)CC1)NCc1cccc(OC(F)(F)F)c1. The fourth-order valence-electron chi connectivity index (χ4n) is 4.11. The maximum atomic E-state index is 12.3. The van der Waals surface area contributed by atoms with Gasteiger partial charge in [0.25, 0.3) is 0 Å². The van der Waals surface area contributed by atoms with E-state index in [4.69, 9.17) is 0 Å². The van der Waals surface area contributed by atoms with Crippen molar-refractivity contribution in [2.75, 3.05) is 6.54 Å². The first kappa shape index (κ1) is 22.4. The molecule has 30 heavy (non-hydrogen) atoms. The maximum Gasteiger partial charge on any atom is 0.573 e. The fraction of sp³-hybridized carbons (Fsp3) is 0.619. The lowest BCUT2D eigenvalue weighted by atomic mass is 9.84. The summed E-state index contributed by atoms with van der Waals surface area (Å²) in [5, 5.41) is 9.07. The zero-order chi connectivity index (χ0) is 21.6. The van der Waals surface area contributed by atoms with E-state index in [9.17, 15) is 22.8 Å². The number of amides is 2. The zero-order valence-electron chi connectivity index (χ0n) is 16.8. The number of carbonyl (C=O) groups excluding carboxylic acids is 2. The van der Waals surface area contributed by atoms with Crippen molar-refractivity contribution in [3.05, 3.63) is 29.8 Å². The van der Waals surface area contributed by atoms with Crippen molar-refractivity contribution in [1.82, 2.24) is 16.0 Å². The number of rotatable bonds is 7. The van der Waals surface area contributed by atoms with Crippen LogP contribution in [0.3, 0.4) is 0 Å². The lowest BCUT2D eigenvalue weighted by molar-refractivity contribution is -0.274. The van der Waals surface area contributed by atoms with E-state index in [1.807, 2.05) is 0 Å². The van der Waals surface area contributed by atoms with Gasteiger partial charge in [0.1, 0.15) is 5.75 Å². The first-order chi connectivity index (χ1) is 14.3. The van der Waals surface area contributed by atoms with Gasteiger partial charge in [0.15, 0.2) is 0 Å². The van der Waals surface area contributed by atoms with Crippen molar-refractivity contribution in [3.63, 3.8) is 0 Å². The summed E-state index contributed by atoms with van der Waals surface area (Å²) in [4.78, 5) is 24.4. The van der Waals surface area contributed by atoms with Gasteiger partial charge >= 0.3 is 6.36 Å². The van der Waals surface area contributed by atoms with Crippen molar-refractivity contribution < 1.29 is 27.5 Å². The number of hydrogen-bond acceptors (Lipinski definition) is 4. The Morgan fingerprint density at radius 3 is 2.57 bits per heavy atom. The van der Waals surface area contributed by atoms with E-state index in [1.54, 1.807) is 6.07 Å². The molecule has 1 aliphatic carbocycles. The van der Waals surface area contributed by atoms with Gasteiger partial charge in [0.2, 0.25) is 11.8 Å². The van der Waals surface area contributed by atoms with Gasteiger partial charge in [-0.1, -0.05) is 12.1 Å². The zero-order valence-corrected chi connectivity index (χ0v) is 16.8. The molecule has 2 aliphatic rings. The summed E-state index contributed by atoms with van der Waals surface area (Å²) in [5.41, 5.74) is 0.539. The summed E-state index contributed by atoms with van der Waals surface area (Å²) in [5.74, 6) is -0.102. The Balaban J connectivity index is 1.36. The molecule has 0 bridgehead atoms. The van der Waals surface area contributed by atoms with Gasteiger partial charge in [-0.3, -0.25) is 9.59 Å². The van der Waals surface area contributed by atoms with Crippen LogP contribution in [-0.2, 0) is 16.1 Å². The summed E-state index contributed by atoms with van der Waals surface area (Å²) < 4.78 is 40.8. The monoisotopic (exact) mass is 427 g/mol. The van der Waals surface area contributed by atoms with Crippen molar-refractivity contribution in [2.24, 2.45) is 5.92 Å². The molecule has 1 atom stereocenters. The summed E-state index contributed by atoms with van der Waals surface area (Å²) in [7, 11) is 0. The molecule has 1 aliphatic heterocycles. The molecule has 3 N–H and O–H groups in total. The molecule has 166 valence electrons. The van der Waals surface area contributed by atoms with E-state index in [0.29, 0.717) is 12.0 Å². The molecule has 1 saturated carbocycles. The van der Waals surface area contributed by atoms with E-state index in [0.717, 1.165) is 45.1 Å². The summed E-state index contributed by atoms with van der Waals surface area (Å²) in [6.45, 7) is 1.03. The molecule has 1 saturated heterocycles. The highest BCUT2D eigenvalue weighted by Crippen LogP contribution is 2.27. The third kappa shape index (κ3) is 7.19. The van der Waals surface area contributed by atoms with Crippen LogP contribution < -0.4 is 20.7 Å². The molecular formula is C21H28F3N3O3. The van der Waals surface area contributed by atoms with Gasteiger partial charge in [-0.2, -0.15) is 0 Å². The van der Waals surface area contributed by atoms with E-state index < -0.39 is 6.36 Å². The summed E-state index contributed by atoms with van der Waals surface area (Å²) in [6, 6.07) is 5.67. The molecule has 0 spiro atoms. The predicted octanol–water partition coefficient (Wildman–Crippen LogP) is 3.02. The molecule has 0 unspecified atom stereocenters. The smallest absolute Gasteiger partial charge is 0.406 e. The highest BCUT2D eigenvalue weighted by molar-refractivity contribution is 5.82. The Hall–Kier alpha value is -2.29. The van der Waals surface area contributed by atoms with Crippen LogP contribution >= 0.6 is 0 Å². The normalized spacial score (nSPS) is 24.3. The minimum absolute atomic E-state index is 0.0745. The Morgan fingerprint density at radius 2 is 1.90 bits per heavy atom. The minimum atomic E-state index is -4.74. The average Bonchev–Trinajstić information content (AvgIpc) is 3.22. The standard InChI is InChI=1S/C21H28F3N3O3/c22-21(23,24)30-17-4-1-3-15(11-17)13-26-19(28)12-14-6-8-16(9-7-14)27-20(29)18-5-2-10-25-18/h1,3-4,11,14,16,18,25H,2,5-10,12-13H2,(H,26,28)(H,27,29)/t14?,16?,18-/m1/s1. The second-order valence-electron chi connectivity index (χ2n) is 8.05. The van der Waals surface area contributed by atoms with Crippen molar-refractivity contribution in [3.8, 4) is 5.75 Å². The molecule has 1 aromatic rings. The largest absolute Gasteiger partial charge is 0.573 e. The molecule has 1 heterocycles. The lowest BCUT2D eigenvalue weighted by Gasteiger charge is -2.29. The third-order valence-corrected chi connectivity index (χ3v) is 5.67. The minimum Gasteiger partial charge on any atom is -0.406 e. The Bertz CT molecular complexity index is 728. The molecule has 6 nitrogen and oxygen atoms in total. The number of carbonyl (C=O) groups is 2. The van der Waals surface area contributed by atoms with E-state index in [-0.39, 0.29) is 42.1 Å². The van der Waals surface area contributed by atoms with Gasteiger partial charge in [0.05, 0.1) is 6.04 Å². The number of nitrogens with one attached hydrogen (secondary N) is 3. The predicted molar refractivity (Wildman–Crippen MR) is 105 cm³/mol.